The number of halogens is 1. The molecule has 0 aliphatic carbocycles. The van der Waals surface area contributed by atoms with Crippen molar-refractivity contribution in [1.29, 1.82) is 0 Å². The molecule has 0 radical (unpaired) electrons. The van der Waals surface area contributed by atoms with Crippen molar-refractivity contribution in [1.82, 2.24) is 9.55 Å². The molecule has 0 aromatic carbocycles. The summed E-state index contributed by atoms with van der Waals surface area (Å²) < 4.78 is 19.8. The summed E-state index contributed by atoms with van der Waals surface area (Å²) in [4.78, 5) is 24.8. The van der Waals surface area contributed by atoms with E-state index in [1.807, 2.05) is 0 Å². The van der Waals surface area contributed by atoms with Gasteiger partial charge in [-0.25, -0.2) is 9.18 Å². The third-order valence-electron chi connectivity index (χ3n) is 2.75. The maximum absolute atomic E-state index is 13.6. The third-order valence-corrected chi connectivity index (χ3v) is 2.75. The van der Waals surface area contributed by atoms with Gasteiger partial charge in [-0.2, -0.15) is 0 Å². The zero-order valence-corrected chi connectivity index (χ0v) is 9.22. The Morgan fingerprint density at radius 1 is 1.65 bits per heavy atom. The van der Waals surface area contributed by atoms with Gasteiger partial charge in [-0.3, -0.25) is 14.3 Å². The zero-order chi connectivity index (χ0) is 12.6. The van der Waals surface area contributed by atoms with Crippen molar-refractivity contribution in [3.63, 3.8) is 0 Å². The van der Waals surface area contributed by atoms with Gasteiger partial charge in [0.05, 0.1) is 12.7 Å². The number of rotatable bonds is 2. The highest BCUT2D eigenvalue weighted by atomic mass is 19.1. The second-order valence-electron chi connectivity index (χ2n) is 4.06. The number of H-pyrrole nitrogens is 1. The van der Waals surface area contributed by atoms with Crippen molar-refractivity contribution in [2.45, 2.75) is 31.8 Å². The number of aryl methyl sites for hydroxylation is 1. The van der Waals surface area contributed by atoms with Crippen LogP contribution in [0.5, 0.6) is 0 Å². The molecule has 1 fully saturated rings. The van der Waals surface area contributed by atoms with Gasteiger partial charge in [0.25, 0.3) is 5.56 Å². The molecule has 94 valence electrons. The molecule has 6 nitrogen and oxygen atoms in total. The molecule has 7 heteroatoms. The fourth-order valence-corrected chi connectivity index (χ4v) is 1.84. The summed E-state index contributed by atoms with van der Waals surface area (Å²) in [6.07, 6.45) is -1.79. The number of nitrogens with zero attached hydrogens (tertiary/aromatic N) is 1. The first-order chi connectivity index (χ1) is 8.02. The molecule has 0 spiro atoms. The lowest BCUT2D eigenvalue weighted by Crippen LogP contribution is -2.35. The SMILES string of the molecule is Cc1cn([C@H]2O[C@@H](CO)C[C@H]2F)c(=O)[nH]c1=O. The van der Waals surface area contributed by atoms with E-state index < -0.39 is 29.8 Å². The Labute approximate surface area is 95.7 Å². The lowest BCUT2D eigenvalue weighted by atomic mass is 10.2. The first-order valence-corrected chi connectivity index (χ1v) is 5.25. The molecular formula is C10H13FN2O4. The monoisotopic (exact) mass is 244 g/mol. The van der Waals surface area contributed by atoms with Crippen LogP contribution in [0.15, 0.2) is 15.8 Å². The average Bonchev–Trinajstić information content (AvgIpc) is 2.65. The fraction of sp³-hybridized carbons (Fsp3) is 0.600. The number of alkyl halides is 1. The minimum Gasteiger partial charge on any atom is -0.394 e. The van der Waals surface area contributed by atoms with E-state index in [0.717, 1.165) is 4.57 Å². The number of ether oxygens (including phenoxy) is 1. The second kappa shape index (κ2) is 4.42. The minimum atomic E-state index is -1.38. The first-order valence-electron chi connectivity index (χ1n) is 5.25. The molecule has 2 rings (SSSR count). The summed E-state index contributed by atoms with van der Waals surface area (Å²) in [5, 5.41) is 8.88. The molecule has 1 aliphatic rings. The summed E-state index contributed by atoms with van der Waals surface area (Å²) in [5.41, 5.74) is -0.918. The predicted molar refractivity (Wildman–Crippen MR) is 56.6 cm³/mol. The van der Waals surface area contributed by atoms with Crippen molar-refractivity contribution in [3.8, 4) is 0 Å². The molecule has 0 bridgehead atoms. The van der Waals surface area contributed by atoms with Crippen molar-refractivity contribution < 1.29 is 14.2 Å². The number of hydrogen-bond acceptors (Lipinski definition) is 4. The standard InChI is InChI=1S/C10H13FN2O4/c1-5-3-13(10(16)12-8(5)15)9-7(11)2-6(4-14)17-9/h3,6-7,9,14H,2,4H2,1H3,(H,12,15,16)/t6-,7-,9+/m1/s1. The van der Waals surface area contributed by atoms with Crippen molar-refractivity contribution >= 4 is 0 Å². The van der Waals surface area contributed by atoms with Crippen molar-refractivity contribution in [2.24, 2.45) is 0 Å². The minimum absolute atomic E-state index is 0.0335. The van der Waals surface area contributed by atoms with Crippen LogP contribution in [0.2, 0.25) is 0 Å². The molecule has 2 N–H and O–H groups in total. The van der Waals surface area contributed by atoms with Crippen LogP contribution >= 0.6 is 0 Å². The van der Waals surface area contributed by atoms with Gasteiger partial charge in [-0.15, -0.1) is 0 Å². The topological polar surface area (TPSA) is 84.3 Å². The molecule has 1 aromatic heterocycles. The van der Waals surface area contributed by atoms with Gasteiger partial charge in [-0.1, -0.05) is 0 Å². The van der Waals surface area contributed by atoms with Crippen LogP contribution in [-0.2, 0) is 4.74 Å². The van der Waals surface area contributed by atoms with E-state index >= 15 is 0 Å². The van der Waals surface area contributed by atoms with Crippen LogP contribution in [0.1, 0.15) is 18.2 Å². The zero-order valence-electron chi connectivity index (χ0n) is 9.22. The highest BCUT2D eigenvalue weighted by Crippen LogP contribution is 2.29. The third kappa shape index (κ3) is 2.16. The maximum atomic E-state index is 13.6. The summed E-state index contributed by atoms with van der Waals surface area (Å²) in [7, 11) is 0. The Kier molecular flexibility index (Phi) is 3.12. The van der Waals surface area contributed by atoms with E-state index in [9.17, 15) is 14.0 Å². The van der Waals surface area contributed by atoms with Gasteiger partial charge in [0.1, 0.15) is 6.17 Å². The van der Waals surface area contributed by atoms with Crippen molar-refractivity contribution in [3.05, 3.63) is 32.6 Å². The number of hydrogen-bond donors (Lipinski definition) is 2. The van der Waals surface area contributed by atoms with Crippen LogP contribution in [-0.4, -0.2) is 33.5 Å². The number of nitrogens with one attached hydrogen (secondary N) is 1. The van der Waals surface area contributed by atoms with E-state index in [4.69, 9.17) is 9.84 Å². The summed E-state index contributed by atoms with van der Waals surface area (Å²) in [6.45, 7) is 1.22. The number of aliphatic hydroxyl groups is 1. The van der Waals surface area contributed by atoms with Crippen molar-refractivity contribution in [2.75, 3.05) is 6.61 Å². The fourth-order valence-electron chi connectivity index (χ4n) is 1.84. The quantitative estimate of drug-likeness (QED) is 0.732. The molecular weight excluding hydrogens is 231 g/mol. The van der Waals surface area contributed by atoms with Crippen LogP contribution < -0.4 is 11.2 Å². The van der Waals surface area contributed by atoms with Gasteiger partial charge < -0.3 is 9.84 Å². The van der Waals surface area contributed by atoms with E-state index in [1.54, 1.807) is 0 Å². The Balaban J connectivity index is 2.38. The van der Waals surface area contributed by atoms with Gasteiger partial charge in [0, 0.05) is 18.2 Å². The van der Waals surface area contributed by atoms with E-state index in [2.05, 4.69) is 4.98 Å². The molecule has 3 atom stereocenters. The molecule has 0 amide bonds. The molecule has 2 heterocycles. The normalized spacial score (nSPS) is 28.5. The van der Waals surface area contributed by atoms with Gasteiger partial charge in [-0.05, 0) is 6.92 Å². The van der Waals surface area contributed by atoms with Gasteiger partial charge >= 0.3 is 5.69 Å². The summed E-state index contributed by atoms with van der Waals surface area (Å²) >= 11 is 0. The van der Waals surface area contributed by atoms with Gasteiger partial charge in [0.2, 0.25) is 0 Å². The number of aromatic amines is 1. The first kappa shape index (κ1) is 12.0. The Morgan fingerprint density at radius 2 is 2.35 bits per heavy atom. The second-order valence-corrected chi connectivity index (χ2v) is 4.06. The molecule has 0 unspecified atom stereocenters. The molecule has 17 heavy (non-hydrogen) atoms. The predicted octanol–water partition coefficient (Wildman–Crippen LogP) is -0.537. The largest absolute Gasteiger partial charge is 0.394 e. The number of aliphatic hydroxyl groups excluding tert-OH is 1. The van der Waals surface area contributed by atoms with E-state index in [1.165, 1.54) is 13.1 Å². The van der Waals surface area contributed by atoms with E-state index in [-0.39, 0.29) is 13.0 Å². The molecule has 0 saturated carbocycles. The van der Waals surface area contributed by atoms with Crippen LogP contribution in [0, 0.1) is 6.92 Å². The number of aromatic nitrogens is 2. The lowest BCUT2D eigenvalue weighted by molar-refractivity contribution is -0.0395. The highest BCUT2D eigenvalue weighted by molar-refractivity contribution is 5.02. The Morgan fingerprint density at radius 3 is 2.94 bits per heavy atom. The van der Waals surface area contributed by atoms with Crippen LogP contribution in [0.3, 0.4) is 0 Å². The smallest absolute Gasteiger partial charge is 0.330 e. The highest BCUT2D eigenvalue weighted by Gasteiger charge is 2.36. The summed E-state index contributed by atoms with van der Waals surface area (Å²) in [5.74, 6) is 0. The molecule has 1 aliphatic heterocycles. The summed E-state index contributed by atoms with van der Waals surface area (Å²) in [6, 6.07) is 0. The van der Waals surface area contributed by atoms with Crippen LogP contribution in [0.25, 0.3) is 0 Å². The average molecular weight is 244 g/mol. The van der Waals surface area contributed by atoms with Crippen LogP contribution in [0.4, 0.5) is 4.39 Å². The molecule has 1 aromatic rings. The Hall–Kier alpha value is -1.47. The van der Waals surface area contributed by atoms with Gasteiger partial charge in [0.15, 0.2) is 6.23 Å². The Bertz CT molecular complexity index is 524. The lowest BCUT2D eigenvalue weighted by Gasteiger charge is -2.16. The molecule has 1 saturated heterocycles. The van der Waals surface area contributed by atoms with E-state index in [0.29, 0.717) is 5.56 Å². The maximum Gasteiger partial charge on any atom is 0.330 e.